The Labute approximate surface area is 205 Å². The number of amides is 2. The van der Waals surface area contributed by atoms with Gasteiger partial charge in [0.15, 0.2) is 0 Å². The van der Waals surface area contributed by atoms with Crippen molar-refractivity contribution in [1.82, 2.24) is 15.1 Å². The summed E-state index contributed by atoms with van der Waals surface area (Å²) in [6.07, 6.45) is -9.38. The third kappa shape index (κ3) is 6.11. The van der Waals surface area contributed by atoms with E-state index in [-0.39, 0.29) is 24.6 Å². The van der Waals surface area contributed by atoms with Crippen LogP contribution in [0.2, 0.25) is 0 Å². The summed E-state index contributed by atoms with van der Waals surface area (Å²) >= 11 is 0. The van der Waals surface area contributed by atoms with Crippen molar-refractivity contribution in [3.05, 3.63) is 70.0 Å². The maximum atomic E-state index is 13.7. The third-order valence-electron chi connectivity index (χ3n) is 6.49. The maximum absolute atomic E-state index is 13.7. The molecule has 4 nitrogen and oxygen atoms in total. The quantitative estimate of drug-likeness (QED) is 0.456. The van der Waals surface area contributed by atoms with E-state index in [1.807, 2.05) is 0 Å². The van der Waals surface area contributed by atoms with Gasteiger partial charge in [0.2, 0.25) is 0 Å². The van der Waals surface area contributed by atoms with Gasteiger partial charge >= 0.3 is 18.4 Å². The lowest BCUT2D eigenvalue weighted by atomic mass is 9.96. The fourth-order valence-electron chi connectivity index (χ4n) is 4.68. The monoisotopic (exact) mass is 519 g/mol. The first-order valence-electron chi connectivity index (χ1n) is 11.5. The van der Waals surface area contributed by atoms with Crippen molar-refractivity contribution in [2.75, 3.05) is 26.7 Å². The van der Waals surface area contributed by atoms with E-state index in [1.165, 1.54) is 24.1 Å². The van der Waals surface area contributed by atoms with Crippen LogP contribution in [0.1, 0.15) is 59.7 Å². The van der Waals surface area contributed by atoms with Crippen molar-refractivity contribution in [1.29, 1.82) is 0 Å². The molecule has 2 amide bonds. The fraction of sp³-hybridized carbons (Fsp3) is 0.480. The number of urea groups is 1. The highest BCUT2D eigenvalue weighted by molar-refractivity contribution is 5.75. The van der Waals surface area contributed by atoms with Gasteiger partial charge in [0.05, 0.1) is 23.2 Å². The molecule has 0 bridgehead atoms. The summed E-state index contributed by atoms with van der Waals surface area (Å²) in [6, 6.07) is 3.64. The summed E-state index contributed by atoms with van der Waals surface area (Å²) in [7, 11) is 1.37. The van der Waals surface area contributed by atoms with Gasteiger partial charge in [-0.3, -0.25) is 0 Å². The zero-order valence-electron chi connectivity index (χ0n) is 20.1. The van der Waals surface area contributed by atoms with E-state index in [9.17, 15) is 35.5 Å². The molecule has 2 unspecified atom stereocenters. The van der Waals surface area contributed by atoms with Gasteiger partial charge in [-0.25, -0.2) is 9.18 Å². The molecule has 1 N–H and O–H groups in total. The fourth-order valence-corrected chi connectivity index (χ4v) is 4.68. The van der Waals surface area contributed by atoms with E-state index in [4.69, 9.17) is 0 Å². The Morgan fingerprint density at radius 3 is 2.19 bits per heavy atom. The molecule has 1 aliphatic heterocycles. The minimum Gasteiger partial charge on any atom is -0.321 e. The second-order valence-corrected chi connectivity index (χ2v) is 8.91. The van der Waals surface area contributed by atoms with E-state index in [2.05, 4.69) is 5.32 Å². The number of carbonyl (C=O) groups is 1. The highest BCUT2D eigenvalue weighted by Gasteiger charge is 2.39. The molecule has 0 aliphatic carbocycles. The van der Waals surface area contributed by atoms with E-state index >= 15 is 0 Å². The average Bonchev–Trinajstić information content (AvgIpc) is 3.03. The minimum atomic E-state index is -4.99. The number of carbonyl (C=O) groups excluding carboxylic acids is 1. The number of halogens is 7. The Bertz CT molecular complexity index is 1050. The van der Waals surface area contributed by atoms with Gasteiger partial charge in [0.1, 0.15) is 5.82 Å². The molecular weight excluding hydrogens is 491 g/mol. The van der Waals surface area contributed by atoms with Gasteiger partial charge < -0.3 is 15.1 Å². The lowest BCUT2D eigenvalue weighted by Crippen LogP contribution is -2.45. The van der Waals surface area contributed by atoms with Crippen LogP contribution in [0.25, 0.3) is 0 Å². The van der Waals surface area contributed by atoms with Gasteiger partial charge in [0.25, 0.3) is 0 Å². The summed E-state index contributed by atoms with van der Waals surface area (Å²) < 4.78 is 94.2. The van der Waals surface area contributed by atoms with Crippen LogP contribution in [0.15, 0.2) is 36.4 Å². The molecule has 36 heavy (non-hydrogen) atoms. The van der Waals surface area contributed by atoms with Crippen LogP contribution in [0.3, 0.4) is 0 Å². The van der Waals surface area contributed by atoms with Crippen molar-refractivity contribution in [3.8, 4) is 0 Å². The molecule has 1 fully saturated rings. The van der Waals surface area contributed by atoms with E-state index in [0.717, 1.165) is 5.56 Å². The Balaban J connectivity index is 2.01. The van der Waals surface area contributed by atoms with Crippen molar-refractivity contribution in [3.63, 3.8) is 0 Å². The van der Waals surface area contributed by atoms with Crippen LogP contribution in [0.5, 0.6) is 0 Å². The summed E-state index contributed by atoms with van der Waals surface area (Å²) in [5.74, 6) is -0.422. The van der Waals surface area contributed by atoms with Crippen LogP contribution in [0, 0.1) is 12.7 Å². The van der Waals surface area contributed by atoms with E-state index in [0.29, 0.717) is 37.2 Å². The van der Waals surface area contributed by atoms with Gasteiger partial charge in [-0.15, -0.1) is 0 Å². The number of nitrogens with one attached hydrogen (secondary N) is 1. The number of aryl methyl sites for hydroxylation is 1. The molecule has 3 rings (SSSR count). The largest absolute Gasteiger partial charge is 0.416 e. The van der Waals surface area contributed by atoms with Gasteiger partial charge in [-0.05, 0) is 73.3 Å². The van der Waals surface area contributed by atoms with Gasteiger partial charge in [-0.2, -0.15) is 26.3 Å². The van der Waals surface area contributed by atoms with Crippen molar-refractivity contribution < 1.29 is 35.5 Å². The molecule has 0 aromatic heterocycles. The number of rotatable bonds is 4. The third-order valence-corrected chi connectivity index (χ3v) is 6.49. The first kappa shape index (κ1) is 27.8. The predicted molar refractivity (Wildman–Crippen MR) is 121 cm³/mol. The molecular formula is C25H28F7N3O. The molecule has 0 saturated carbocycles. The van der Waals surface area contributed by atoms with Crippen molar-refractivity contribution in [2.24, 2.45) is 0 Å². The summed E-state index contributed by atoms with van der Waals surface area (Å²) in [6.45, 7) is 4.61. The van der Waals surface area contributed by atoms with Gasteiger partial charge in [0, 0.05) is 20.1 Å². The maximum Gasteiger partial charge on any atom is 0.416 e. The minimum absolute atomic E-state index is 0.0753. The number of alkyl halides is 6. The number of hydrogen-bond acceptors (Lipinski definition) is 2. The molecule has 2 aromatic carbocycles. The average molecular weight is 520 g/mol. The van der Waals surface area contributed by atoms with Crippen LogP contribution < -0.4 is 5.32 Å². The van der Waals surface area contributed by atoms with Gasteiger partial charge in [-0.1, -0.05) is 13.0 Å². The lowest BCUT2D eigenvalue weighted by Gasteiger charge is -2.37. The van der Waals surface area contributed by atoms with Crippen molar-refractivity contribution >= 4 is 6.03 Å². The van der Waals surface area contributed by atoms with Crippen LogP contribution in [0.4, 0.5) is 35.5 Å². The summed E-state index contributed by atoms with van der Waals surface area (Å²) in [5.41, 5.74) is -1.73. The Kier molecular flexibility index (Phi) is 8.22. The Morgan fingerprint density at radius 2 is 1.67 bits per heavy atom. The van der Waals surface area contributed by atoms with E-state index < -0.39 is 47.4 Å². The predicted octanol–water partition coefficient (Wildman–Crippen LogP) is 6.71. The first-order chi connectivity index (χ1) is 16.7. The zero-order chi connectivity index (χ0) is 26.8. The molecule has 1 aliphatic rings. The second-order valence-electron chi connectivity index (χ2n) is 8.91. The van der Waals surface area contributed by atoms with Crippen LogP contribution in [-0.2, 0) is 12.4 Å². The zero-order valence-corrected chi connectivity index (χ0v) is 20.1. The molecule has 1 heterocycles. The van der Waals surface area contributed by atoms with E-state index in [1.54, 1.807) is 24.8 Å². The second kappa shape index (κ2) is 10.7. The Morgan fingerprint density at radius 1 is 1.06 bits per heavy atom. The Hall–Kier alpha value is -2.82. The molecule has 0 spiro atoms. The molecule has 11 heteroatoms. The highest BCUT2D eigenvalue weighted by Crippen LogP contribution is 2.39. The van der Waals surface area contributed by atoms with Crippen LogP contribution in [-0.4, -0.2) is 42.5 Å². The summed E-state index contributed by atoms with van der Waals surface area (Å²) in [5, 5.41) is 3.19. The molecule has 2 aromatic rings. The number of nitrogens with zero attached hydrogens (tertiary/aromatic N) is 2. The molecule has 0 radical (unpaired) electrons. The van der Waals surface area contributed by atoms with Crippen molar-refractivity contribution in [2.45, 2.75) is 51.1 Å². The lowest BCUT2D eigenvalue weighted by molar-refractivity contribution is -0.143. The number of hydrogen-bond donors (Lipinski definition) is 1. The SMILES string of the molecule is CCC(c1cc(C(F)(F)F)cc(C(F)(F)F)c1)N(C)C(=O)N1CCNCCC1c1ccc(F)cc1C. The van der Waals surface area contributed by atoms with Crippen LogP contribution >= 0.6 is 0 Å². The normalized spacial score (nSPS) is 18.1. The number of benzene rings is 2. The molecule has 1 saturated heterocycles. The highest BCUT2D eigenvalue weighted by atomic mass is 19.4. The first-order valence-corrected chi connectivity index (χ1v) is 11.5. The standard InChI is InChI=1S/C25H28F7N3O/c1-4-21(16-12-17(24(27,28)29)14-18(13-16)25(30,31)32)34(3)23(36)35-10-9-33-8-7-22(35)20-6-5-19(26)11-15(20)2/h5-6,11-14,21-22,33H,4,7-10H2,1-3H3. The summed E-state index contributed by atoms with van der Waals surface area (Å²) in [4.78, 5) is 16.4. The topological polar surface area (TPSA) is 35.6 Å². The smallest absolute Gasteiger partial charge is 0.321 e. The molecule has 198 valence electrons. The molecule has 2 atom stereocenters.